The number of hydrogen-bond acceptors (Lipinski definition) is 4. The molecule has 1 aliphatic heterocycles. The third-order valence-electron chi connectivity index (χ3n) is 3.58. The largest absolute Gasteiger partial charge is 0.347 e. The summed E-state index contributed by atoms with van der Waals surface area (Å²) in [6, 6.07) is 6.94. The minimum Gasteiger partial charge on any atom is -0.347 e. The number of likely N-dealkylation sites (N-methyl/N-ethyl adjacent to an activating group) is 1. The molecular weight excluding hydrogens is 258 g/mol. The van der Waals surface area contributed by atoms with Gasteiger partial charge in [-0.05, 0) is 26.1 Å². The number of hydrogen-bond donors (Lipinski definition) is 3. The number of nitrogens with one attached hydrogen (secondary N) is 2. The Hall–Kier alpha value is -1.92. The zero-order valence-electron chi connectivity index (χ0n) is 11.6. The zero-order chi connectivity index (χ0) is 14.7. The van der Waals surface area contributed by atoms with Crippen molar-refractivity contribution >= 4 is 11.8 Å². The Balaban J connectivity index is 2.06. The molecule has 2 rings (SSSR count). The molecular formula is C14H19N3O3. The fourth-order valence-electron chi connectivity index (χ4n) is 2.45. The summed E-state index contributed by atoms with van der Waals surface area (Å²) < 4.78 is 0. The van der Waals surface area contributed by atoms with Gasteiger partial charge in [-0.1, -0.05) is 17.7 Å². The number of carbonyl (C=O) groups is 2. The first kappa shape index (κ1) is 14.5. The van der Waals surface area contributed by atoms with Gasteiger partial charge in [0.15, 0.2) is 0 Å². The standard InChI is InChI=1S/C14H19N3O3/c1-9-3-5-10(6-4-9)13(18)15-12-8-17(2)7-11(12)14(19)16-20/h3-6,11-12,20H,7-8H2,1-2H3,(H,15,18)(H,16,19)/t11-,12+/m0/s1. The first-order valence-corrected chi connectivity index (χ1v) is 6.51. The lowest BCUT2D eigenvalue weighted by Gasteiger charge is -2.18. The average Bonchev–Trinajstić information content (AvgIpc) is 2.79. The van der Waals surface area contributed by atoms with Crippen LogP contribution in [-0.4, -0.2) is 48.1 Å². The van der Waals surface area contributed by atoms with Crippen molar-refractivity contribution in [2.45, 2.75) is 13.0 Å². The molecule has 0 saturated carbocycles. The monoisotopic (exact) mass is 277 g/mol. The Morgan fingerprint density at radius 3 is 2.50 bits per heavy atom. The maximum absolute atomic E-state index is 12.2. The van der Waals surface area contributed by atoms with E-state index in [1.54, 1.807) is 17.6 Å². The van der Waals surface area contributed by atoms with Gasteiger partial charge in [0.25, 0.3) is 5.91 Å². The summed E-state index contributed by atoms with van der Waals surface area (Å²) in [5.41, 5.74) is 3.31. The SMILES string of the molecule is Cc1ccc(C(=O)N[C@@H]2CN(C)C[C@@H]2C(=O)NO)cc1. The number of benzene rings is 1. The number of carbonyl (C=O) groups excluding carboxylic acids is 2. The molecule has 1 aromatic rings. The van der Waals surface area contributed by atoms with Gasteiger partial charge in [-0.25, -0.2) is 5.48 Å². The summed E-state index contributed by atoms with van der Waals surface area (Å²) in [7, 11) is 1.87. The van der Waals surface area contributed by atoms with E-state index in [-0.39, 0.29) is 11.9 Å². The van der Waals surface area contributed by atoms with Gasteiger partial charge in [-0.3, -0.25) is 14.8 Å². The second kappa shape index (κ2) is 6.02. The molecule has 0 unspecified atom stereocenters. The highest BCUT2D eigenvalue weighted by molar-refractivity contribution is 5.95. The van der Waals surface area contributed by atoms with Gasteiger partial charge in [0, 0.05) is 18.7 Å². The maximum atomic E-state index is 12.2. The normalized spacial score (nSPS) is 22.6. The van der Waals surface area contributed by atoms with Crippen LogP contribution in [0.5, 0.6) is 0 Å². The van der Waals surface area contributed by atoms with E-state index in [4.69, 9.17) is 5.21 Å². The summed E-state index contributed by atoms with van der Waals surface area (Å²) in [6.45, 7) is 3.04. The van der Waals surface area contributed by atoms with Crippen molar-refractivity contribution < 1.29 is 14.8 Å². The quantitative estimate of drug-likeness (QED) is 0.543. The Bertz CT molecular complexity index is 501. The minimum absolute atomic E-state index is 0.207. The number of amides is 2. The predicted octanol–water partition coefficient (Wildman–Crippen LogP) is 0.160. The molecule has 0 spiro atoms. The van der Waals surface area contributed by atoms with Gasteiger partial charge in [-0.15, -0.1) is 0 Å². The molecule has 2 amide bonds. The molecule has 0 aromatic heterocycles. The summed E-state index contributed by atoms with van der Waals surface area (Å²) in [5, 5.41) is 11.6. The first-order valence-electron chi connectivity index (χ1n) is 6.51. The van der Waals surface area contributed by atoms with Crippen molar-refractivity contribution in [1.82, 2.24) is 15.7 Å². The highest BCUT2D eigenvalue weighted by Gasteiger charge is 2.37. The van der Waals surface area contributed by atoms with Crippen molar-refractivity contribution in [2.75, 3.05) is 20.1 Å². The molecule has 6 heteroatoms. The molecule has 1 heterocycles. The smallest absolute Gasteiger partial charge is 0.251 e. The van der Waals surface area contributed by atoms with Crippen LogP contribution < -0.4 is 10.8 Å². The van der Waals surface area contributed by atoms with E-state index in [2.05, 4.69) is 5.32 Å². The van der Waals surface area contributed by atoms with E-state index in [0.717, 1.165) is 5.56 Å². The van der Waals surface area contributed by atoms with Gasteiger partial charge >= 0.3 is 0 Å². The van der Waals surface area contributed by atoms with Crippen LogP contribution in [0.2, 0.25) is 0 Å². The molecule has 1 aromatic carbocycles. The van der Waals surface area contributed by atoms with Crippen LogP contribution in [0.15, 0.2) is 24.3 Å². The molecule has 1 fully saturated rings. The average molecular weight is 277 g/mol. The van der Waals surface area contributed by atoms with Crippen molar-refractivity contribution in [1.29, 1.82) is 0 Å². The van der Waals surface area contributed by atoms with Gasteiger partial charge in [0.2, 0.25) is 5.91 Å². The van der Waals surface area contributed by atoms with E-state index in [1.165, 1.54) is 0 Å². The number of nitrogens with zero attached hydrogens (tertiary/aromatic N) is 1. The second-order valence-electron chi connectivity index (χ2n) is 5.25. The zero-order valence-corrected chi connectivity index (χ0v) is 11.6. The van der Waals surface area contributed by atoms with Crippen LogP contribution >= 0.6 is 0 Å². The van der Waals surface area contributed by atoms with Gasteiger partial charge in [0.1, 0.15) is 0 Å². The summed E-state index contributed by atoms with van der Waals surface area (Å²) in [4.78, 5) is 25.7. The second-order valence-corrected chi connectivity index (χ2v) is 5.25. The molecule has 2 atom stereocenters. The Morgan fingerprint density at radius 2 is 1.90 bits per heavy atom. The molecule has 1 saturated heterocycles. The lowest BCUT2D eigenvalue weighted by molar-refractivity contribution is -0.133. The van der Waals surface area contributed by atoms with Crippen LogP contribution in [0.25, 0.3) is 0 Å². The topological polar surface area (TPSA) is 81.7 Å². The Morgan fingerprint density at radius 1 is 1.25 bits per heavy atom. The lowest BCUT2D eigenvalue weighted by atomic mass is 10.0. The highest BCUT2D eigenvalue weighted by atomic mass is 16.5. The van der Waals surface area contributed by atoms with Crippen molar-refractivity contribution in [3.8, 4) is 0 Å². The summed E-state index contributed by atoms with van der Waals surface area (Å²) in [6.07, 6.45) is 0. The van der Waals surface area contributed by atoms with Crippen molar-refractivity contribution in [3.63, 3.8) is 0 Å². The molecule has 1 aliphatic rings. The van der Waals surface area contributed by atoms with Crippen molar-refractivity contribution in [2.24, 2.45) is 5.92 Å². The number of hydroxylamine groups is 1. The first-order chi connectivity index (χ1) is 9.51. The third kappa shape index (κ3) is 3.15. The summed E-state index contributed by atoms with van der Waals surface area (Å²) in [5.74, 6) is -1.12. The Kier molecular flexibility index (Phi) is 4.36. The summed E-state index contributed by atoms with van der Waals surface area (Å²) >= 11 is 0. The number of likely N-dealkylation sites (tertiary alicyclic amines) is 1. The van der Waals surface area contributed by atoms with Gasteiger partial charge < -0.3 is 10.2 Å². The van der Waals surface area contributed by atoms with E-state index in [0.29, 0.717) is 18.7 Å². The third-order valence-corrected chi connectivity index (χ3v) is 3.58. The molecule has 108 valence electrons. The predicted molar refractivity (Wildman–Crippen MR) is 73.3 cm³/mol. The fraction of sp³-hybridized carbons (Fsp3) is 0.429. The van der Waals surface area contributed by atoms with Crippen LogP contribution in [0.4, 0.5) is 0 Å². The van der Waals surface area contributed by atoms with E-state index in [9.17, 15) is 9.59 Å². The molecule has 0 radical (unpaired) electrons. The molecule has 6 nitrogen and oxygen atoms in total. The van der Waals surface area contributed by atoms with E-state index < -0.39 is 11.8 Å². The van der Waals surface area contributed by atoms with Gasteiger partial charge in [0.05, 0.1) is 12.0 Å². The lowest BCUT2D eigenvalue weighted by Crippen LogP contribution is -2.45. The molecule has 0 aliphatic carbocycles. The van der Waals surface area contributed by atoms with Crippen LogP contribution in [-0.2, 0) is 4.79 Å². The highest BCUT2D eigenvalue weighted by Crippen LogP contribution is 2.16. The van der Waals surface area contributed by atoms with Gasteiger partial charge in [-0.2, -0.15) is 0 Å². The van der Waals surface area contributed by atoms with Crippen LogP contribution in [0, 0.1) is 12.8 Å². The fourth-order valence-corrected chi connectivity index (χ4v) is 2.45. The van der Waals surface area contributed by atoms with E-state index in [1.807, 2.05) is 31.0 Å². The minimum atomic E-state index is -0.469. The van der Waals surface area contributed by atoms with Crippen LogP contribution in [0.3, 0.4) is 0 Å². The Labute approximate surface area is 117 Å². The van der Waals surface area contributed by atoms with E-state index >= 15 is 0 Å². The van der Waals surface area contributed by atoms with Crippen molar-refractivity contribution in [3.05, 3.63) is 35.4 Å². The molecule has 3 N–H and O–H groups in total. The molecule has 0 bridgehead atoms. The maximum Gasteiger partial charge on any atom is 0.251 e. The van der Waals surface area contributed by atoms with Crippen LogP contribution in [0.1, 0.15) is 15.9 Å². The number of rotatable bonds is 3. The number of aryl methyl sites for hydroxylation is 1. The molecule has 20 heavy (non-hydrogen) atoms.